The van der Waals surface area contributed by atoms with Crippen LogP contribution in [0.15, 0.2) is 0 Å². The van der Waals surface area contributed by atoms with E-state index in [4.69, 9.17) is 0 Å². The molecule has 0 aliphatic heterocycles. The van der Waals surface area contributed by atoms with Gasteiger partial charge in [-0.3, -0.25) is 0 Å². The molecule has 0 heterocycles. The van der Waals surface area contributed by atoms with Gasteiger partial charge < -0.3 is 0 Å². The van der Waals surface area contributed by atoms with Crippen LogP contribution in [0.25, 0.3) is 0 Å². The van der Waals surface area contributed by atoms with Crippen LogP contribution in [-0.2, 0) is 0 Å². The van der Waals surface area contributed by atoms with Crippen LogP contribution in [0.2, 0.25) is 0 Å². The number of thioether (sulfide) groups is 2. The van der Waals surface area contributed by atoms with Crippen LogP contribution in [0, 0.1) is 6.92 Å². The largest absolute Gasteiger partial charge is 0.148 e. The first-order chi connectivity index (χ1) is 5.31. The Hall–Kier alpha value is 0.700. The zero-order chi connectivity index (χ0) is 8.53. The summed E-state index contributed by atoms with van der Waals surface area (Å²) in [5.74, 6) is 2.54. The van der Waals surface area contributed by atoms with E-state index in [0.717, 1.165) is 0 Å². The van der Waals surface area contributed by atoms with E-state index in [9.17, 15) is 0 Å². The Balaban J connectivity index is 3.02. The maximum Gasteiger partial charge on any atom is 0.0503 e. The molecule has 0 saturated carbocycles. The standard InChI is InChI=1S/C9H19S2/c1-4-6-8-11-9(3)10-7-5-2/h9H,3-8H2,1-2H3. The molecule has 0 aromatic carbocycles. The van der Waals surface area contributed by atoms with Crippen LogP contribution in [0.3, 0.4) is 0 Å². The number of hydrogen-bond acceptors (Lipinski definition) is 2. The summed E-state index contributed by atoms with van der Waals surface area (Å²) in [6, 6.07) is 0. The lowest BCUT2D eigenvalue weighted by Gasteiger charge is -2.08. The van der Waals surface area contributed by atoms with Crippen molar-refractivity contribution in [3.63, 3.8) is 0 Å². The van der Waals surface area contributed by atoms with Crippen molar-refractivity contribution >= 4 is 23.5 Å². The zero-order valence-corrected chi connectivity index (χ0v) is 9.27. The first-order valence-electron chi connectivity index (χ1n) is 4.37. The van der Waals surface area contributed by atoms with Crippen molar-refractivity contribution in [2.24, 2.45) is 0 Å². The van der Waals surface area contributed by atoms with Crippen molar-refractivity contribution in [1.82, 2.24) is 0 Å². The molecule has 11 heavy (non-hydrogen) atoms. The molecule has 0 aromatic rings. The maximum atomic E-state index is 4.07. The molecule has 0 saturated heterocycles. The summed E-state index contributed by atoms with van der Waals surface area (Å²) in [6.07, 6.45) is 3.91. The molecule has 0 aliphatic carbocycles. The molecule has 0 aliphatic rings. The highest BCUT2D eigenvalue weighted by Gasteiger charge is 2.00. The van der Waals surface area contributed by atoms with Crippen LogP contribution in [0.4, 0.5) is 0 Å². The van der Waals surface area contributed by atoms with E-state index in [1.807, 2.05) is 23.5 Å². The Labute approximate surface area is 79.9 Å². The van der Waals surface area contributed by atoms with Crippen LogP contribution in [0.1, 0.15) is 33.1 Å². The highest BCUT2D eigenvalue weighted by molar-refractivity contribution is 8.17. The van der Waals surface area contributed by atoms with Gasteiger partial charge in [0, 0.05) is 0 Å². The predicted molar refractivity (Wildman–Crippen MR) is 59.3 cm³/mol. The number of hydrogen-bond donors (Lipinski definition) is 0. The summed E-state index contributed by atoms with van der Waals surface area (Å²) in [5, 5.41) is 0. The molecule has 2 heteroatoms. The van der Waals surface area contributed by atoms with E-state index in [-0.39, 0.29) is 0 Å². The van der Waals surface area contributed by atoms with Crippen molar-refractivity contribution in [1.29, 1.82) is 0 Å². The smallest absolute Gasteiger partial charge is 0.0503 e. The Bertz CT molecular complexity index is 74.0. The van der Waals surface area contributed by atoms with E-state index in [2.05, 4.69) is 20.8 Å². The quantitative estimate of drug-likeness (QED) is 0.443. The van der Waals surface area contributed by atoms with Gasteiger partial charge in [-0.15, -0.1) is 23.5 Å². The van der Waals surface area contributed by atoms with Crippen LogP contribution < -0.4 is 0 Å². The van der Waals surface area contributed by atoms with Crippen molar-refractivity contribution in [3.05, 3.63) is 6.92 Å². The average Bonchev–Trinajstić information content (AvgIpc) is 2.01. The molecule has 1 unspecified atom stereocenters. The monoisotopic (exact) mass is 191 g/mol. The Kier molecular flexibility index (Phi) is 9.35. The Morgan fingerprint density at radius 1 is 1.09 bits per heavy atom. The van der Waals surface area contributed by atoms with E-state index >= 15 is 0 Å². The summed E-state index contributed by atoms with van der Waals surface area (Å²) in [7, 11) is 0. The summed E-state index contributed by atoms with van der Waals surface area (Å²) >= 11 is 3.97. The normalized spacial score (nSPS) is 13.4. The SMILES string of the molecule is [CH2]C(SCCC)SCCCC. The third-order valence-corrected chi connectivity index (χ3v) is 4.04. The fourth-order valence-corrected chi connectivity index (χ4v) is 2.84. The highest BCUT2D eigenvalue weighted by Crippen LogP contribution is 2.23. The molecule has 0 amide bonds. The molecule has 1 radical (unpaired) electrons. The second-order valence-electron chi connectivity index (χ2n) is 2.52. The topological polar surface area (TPSA) is 0 Å². The first kappa shape index (κ1) is 11.7. The molecular weight excluding hydrogens is 172 g/mol. The van der Waals surface area contributed by atoms with Crippen LogP contribution in [0.5, 0.6) is 0 Å². The maximum absolute atomic E-state index is 4.07. The van der Waals surface area contributed by atoms with Crippen LogP contribution in [-0.4, -0.2) is 16.1 Å². The first-order valence-corrected chi connectivity index (χ1v) is 6.47. The Morgan fingerprint density at radius 3 is 2.27 bits per heavy atom. The summed E-state index contributed by atoms with van der Waals surface area (Å²) in [6.45, 7) is 8.53. The van der Waals surface area contributed by atoms with Crippen molar-refractivity contribution < 1.29 is 0 Å². The van der Waals surface area contributed by atoms with Gasteiger partial charge in [0.15, 0.2) is 0 Å². The minimum absolute atomic E-state index is 0.557. The molecule has 0 rings (SSSR count). The van der Waals surface area contributed by atoms with Gasteiger partial charge >= 0.3 is 0 Å². The summed E-state index contributed by atoms with van der Waals surface area (Å²) < 4.78 is 0.557. The second-order valence-corrected chi connectivity index (χ2v) is 5.44. The second kappa shape index (κ2) is 8.79. The fraction of sp³-hybridized carbons (Fsp3) is 0.889. The van der Waals surface area contributed by atoms with Gasteiger partial charge in [0.2, 0.25) is 0 Å². The van der Waals surface area contributed by atoms with Gasteiger partial charge in [0.05, 0.1) is 4.58 Å². The van der Waals surface area contributed by atoms with Gasteiger partial charge in [-0.05, 0) is 31.3 Å². The van der Waals surface area contributed by atoms with Crippen molar-refractivity contribution in [3.8, 4) is 0 Å². The minimum Gasteiger partial charge on any atom is -0.148 e. The van der Waals surface area contributed by atoms with Gasteiger partial charge in [0.25, 0.3) is 0 Å². The lowest BCUT2D eigenvalue weighted by atomic mass is 10.4. The van der Waals surface area contributed by atoms with Crippen LogP contribution >= 0.6 is 23.5 Å². The summed E-state index contributed by atoms with van der Waals surface area (Å²) in [5.41, 5.74) is 0. The molecule has 0 bridgehead atoms. The third kappa shape index (κ3) is 8.61. The molecule has 0 N–H and O–H groups in total. The highest BCUT2D eigenvalue weighted by atomic mass is 32.2. The fourth-order valence-electron chi connectivity index (χ4n) is 0.657. The van der Waals surface area contributed by atoms with Crippen molar-refractivity contribution in [2.75, 3.05) is 11.5 Å². The average molecular weight is 191 g/mol. The Morgan fingerprint density at radius 2 is 1.73 bits per heavy atom. The van der Waals surface area contributed by atoms with E-state index in [1.165, 1.54) is 30.8 Å². The van der Waals surface area contributed by atoms with E-state index in [0.29, 0.717) is 4.58 Å². The molecule has 0 aromatic heterocycles. The number of rotatable bonds is 7. The zero-order valence-electron chi connectivity index (χ0n) is 7.64. The van der Waals surface area contributed by atoms with Gasteiger partial charge in [-0.1, -0.05) is 20.3 Å². The van der Waals surface area contributed by atoms with E-state index in [1.54, 1.807) is 0 Å². The van der Waals surface area contributed by atoms with E-state index < -0.39 is 0 Å². The van der Waals surface area contributed by atoms with Gasteiger partial charge in [-0.25, -0.2) is 0 Å². The lowest BCUT2D eigenvalue weighted by molar-refractivity contribution is 0.896. The predicted octanol–water partition coefficient (Wildman–Crippen LogP) is 3.82. The molecule has 0 nitrogen and oxygen atoms in total. The third-order valence-electron chi connectivity index (χ3n) is 1.31. The summed E-state index contributed by atoms with van der Waals surface area (Å²) in [4.78, 5) is 0. The molecule has 0 fully saturated rings. The molecule has 0 spiro atoms. The molecule has 1 atom stereocenters. The van der Waals surface area contributed by atoms with Gasteiger partial charge in [-0.2, -0.15) is 0 Å². The lowest BCUT2D eigenvalue weighted by Crippen LogP contribution is -1.93. The van der Waals surface area contributed by atoms with Crippen molar-refractivity contribution in [2.45, 2.75) is 37.7 Å². The molecular formula is C9H19S2. The van der Waals surface area contributed by atoms with Gasteiger partial charge in [0.1, 0.15) is 0 Å². The molecule has 67 valence electrons. The minimum atomic E-state index is 0.557. The number of unbranched alkanes of at least 4 members (excludes halogenated alkanes) is 1.